The van der Waals surface area contributed by atoms with Crippen LogP contribution in [0.5, 0.6) is 0 Å². The maximum Gasteiger partial charge on any atom is 0.244 e. The van der Waals surface area contributed by atoms with Crippen LogP contribution in [0.4, 0.5) is 0 Å². The monoisotopic (exact) mass is 340 g/mol. The van der Waals surface area contributed by atoms with Gasteiger partial charge in [0.25, 0.3) is 0 Å². The summed E-state index contributed by atoms with van der Waals surface area (Å²) < 4.78 is 1.61. The molecule has 1 amide bonds. The third kappa shape index (κ3) is 3.46. The maximum absolute atomic E-state index is 12.3. The van der Waals surface area contributed by atoms with Crippen molar-refractivity contribution in [2.75, 3.05) is 6.54 Å². The molecule has 2 heterocycles. The third-order valence-corrected chi connectivity index (χ3v) is 3.46. The Morgan fingerprint density at radius 2 is 2.18 bits per heavy atom. The van der Waals surface area contributed by atoms with E-state index in [1.54, 1.807) is 4.57 Å². The fraction of sp³-hybridized carbons (Fsp3) is 0.462. The Balaban J connectivity index is 2.47. The Bertz CT molecular complexity index is 736. The van der Waals surface area contributed by atoms with Gasteiger partial charge < -0.3 is 9.88 Å². The van der Waals surface area contributed by atoms with Crippen molar-refractivity contribution in [1.29, 1.82) is 5.26 Å². The minimum Gasteiger partial charge on any atom is -0.341 e. The molecule has 9 heteroatoms. The zero-order valence-corrected chi connectivity index (χ0v) is 13.6. The molecule has 1 atom stereocenters. The van der Waals surface area contributed by atoms with E-state index in [-0.39, 0.29) is 28.8 Å². The van der Waals surface area contributed by atoms with Gasteiger partial charge in [-0.3, -0.25) is 4.79 Å². The van der Waals surface area contributed by atoms with Crippen LogP contribution in [0.15, 0.2) is 6.33 Å². The second-order valence-electron chi connectivity index (χ2n) is 5.13. The smallest absolute Gasteiger partial charge is 0.244 e. The summed E-state index contributed by atoms with van der Waals surface area (Å²) >= 11 is 11.8. The summed E-state index contributed by atoms with van der Waals surface area (Å²) in [5.41, 5.74) is 0.774. The summed E-state index contributed by atoms with van der Waals surface area (Å²) in [6.07, 6.45) is 2.04. The number of rotatable bonds is 5. The van der Waals surface area contributed by atoms with Crippen molar-refractivity contribution in [2.24, 2.45) is 5.92 Å². The van der Waals surface area contributed by atoms with Gasteiger partial charge in [0.2, 0.25) is 11.2 Å². The highest BCUT2D eigenvalue weighted by molar-refractivity contribution is 6.35. The topological polar surface area (TPSA) is 96.5 Å². The Kier molecular flexibility index (Phi) is 5.16. The minimum atomic E-state index is -0.555. The summed E-state index contributed by atoms with van der Waals surface area (Å²) in [7, 11) is 0. The van der Waals surface area contributed by atoms with E-state index in [1.807, 2.05) is 19.9 Å². The van der Waals surface area contributed by atoms with Gasteiger partial charge in [0.05, 0.1) is 12.4 Å². The summed E-state index contributed by atoms with van der Waals surface area (Å²) in [6.45, 7) is 3.94. The molecule has 7 nitrogen and oxygen atoms in total. The Morgan fingerprint density at radius 3 is 2.82 bits per heavy atom. The van der Waals surface area contributed by atoms with Crippen LogP contribution in [0.2, 0.25) is 10.4 Å². The van der Waals surface area contributed by atoms with Crippen molar-refractivity contribution >= 4 is 40.3 Å². The number of imidazole rings is 1. The first-order valence-corrected chi connectivity index (χ1v) is 7.39. The van der Waals surface area contributed by atoms with Crippen LogP contribution < -0.4 is 5.32 Å². The number of fused-ring (bicyclic) bond motifs is 1. The van der Waals surface area contributed by atoms with Gasteiger partial charge in [-0.1, -0.05) is 25.4 Å². The predicted molar refractivity (Wildman–Crippen MR) is 82.5 cm³/mol. The number of carbonyl (C=O) groups is 1. The lowest BCUT2D eigenvalue weighted by Crippen LogP contribution is -2.33. The van der Waals surface area contributed by atoms with Gasteiger partial charge in [-0.15, -0.1) is 0 Å². The van der Waals surface area contributed by atoms with E-state index < -0.39 is 6.04 Å². The first-order chi connectivity index (χ1) is 10.4. The van der Waals surface area contributed by atoms with Crippen molar-refractivity contribution in [1.82, 2.24) is 24.8 Å². The largest absolute Gasteiger partial charge is 0.341 e. The van der Waals surface area contributed by atoms with Crippen LogP contribution >= 0.6 is 23.2 Å². The van der Waals surface area contributed by atoms with Crippen molar-refractivity contribution in [3.05, 3.63) is 16.8 Å². The summed E-state index contributed by atoms with van der Waals surface area (Å²) in [6, 6.07) is 1.33. The van der Waals surface area contributed by atoms with E-state index in [1.165, 1.54) is 6.33 Å². The number of hydrogen-bond acceptors (Lipinski definition) is 5. The van der Waals surface area contributed by atoms with Crippen molar-refractivity contribution in [3.63, 3.8) is 0 Å². The van der Waals surface area contributed by atoms with E-state index in [9.17, 15) is 4.79 Å². The molecule has 0 radical (unpaired) electrons. The highest BCUT2D eigenvalue weighted by atomic mass is 35.5. The zero-order valence-electron chi connectivity index (χ0n) is 12.0. The van der Waals surface area contributed by atoms with Crippen LogP contribution in [0.3, 0.4) is 0 Å². The fourth-order valence-corrected chi connectivity index (χ4v) is 2.54. The van der Waals surface area contributed by atoms with Gasteiger partial charge in [0, 0.05) is 0 Å². The number of carbonyl (C=O) groups excluding carboxylic acids is 1. The molecule has 0 saturated heterocycles. The Morgan fingerprint density at radius 1 is 1.45 bits per heavy atom. The highest BCUT2D eigenvalue weighted by Gasteiger charge is 2.25. The number of halogens is 2. The first kappa shape index (κ1) is 16.5. The normalized spacial score (nSPS) is 12.4. The molecule has 2 rings (SSSR count). The number of nitrogens with one attached hydrogen (secondary N) is 1. The lowest BCUT2D eigenvalue weighted by molar-refractivity contribution is -0.124. The van der Waals surface area contributed by atoms with Gasteiger partial charge >= 0.3 is 0 Å². The number of hydrogen-bond donors (Lipinski definition) is 1. The molecule has 0 bridgehead atoms. The molecule has 0 spiro atoms. The van der Waals surface area contributed by atoms with Crippen LogP contribution in [-0.4, -0.2) is 32.0 Å². The van der Waals surface area contributed by atoms with Crippen molar-refractivity contribution < 1.29 is 4.79 Å². The Labute approximate surface area is 137 Å². The maximum atomic E-state index is 12.3. The highest BCUT2D eigenvalue weighted by Crippen LogP contribution is 2.26. The minimum absolute atomic E-state index is 0.0139. The molecule has 0 aromatic carbocycles. The average molecular weight is 341 g/mol. The first-order valence-electron chi connectivity index (χ1n) is 6.64. The molecule has 116 valence electrons. The predicted octanol–water partition coefficient (Wildman–Crippen LogP) is 2.36. The summed E-state index contributed by atoms with van der Waals surface area (Å²) in [4.78, 5) is 24.4. The molecule has 0 fully saturated rings. The van der Waals surface area contributed by atoms with Gasteiger partial charge in [-0.05, 0) is 23.9 Å². The van der Waals surface area contributed by atoms with Gasteiger partial charge in [0.1, 0.15) is 18.1 Å². The number of nitrogens with zero attached hydrogens (tertiary/aromatic N) is 5. The lowest BCUT2D eigenvalue weighted by atomic mass is 10.0. The number of amides is 1. The van der Waals surface area contributed by atoms with Crippen LogP contribution in [0, 0.1) is 17.2 Å². The molecule has 0 aliphatic heterocycles. The molecule has 0 aliphatic rings. The molecule has 2 aromatic rings. The van der Waals surface area contributed by atoms with Gasteiger partial charge in [-0.25, -0.2) is 9.97 Å². The molecule has 1 unspecified atom stereocenters. The van der Waals surface area contributed by atoms with E-state index in [2.05, 4.69) is 20.3 Å². The molecule has 0 aliphatic carbocycles. The average Bonchev–Trinajstić information content (AvgIpc) is 2.85. The third-order valence-electron chi connectivity index (χ3n) is 3.03. The number of nitriles is 1. The van der Waals surface area contributed by atoms with Crippen LogP contribution in [0.1, 0.15) is 26.3 Å². The summed E-state index contributed by atoms with van der Waals surface area (Å²) in [5.74, 6) is -0.0246. The second-order valence-corrected chi connectivity index (χ2v) is 5.82. The van der Waals surface area contributed by atoms with Gasteiger partial charge in [0.15, 0.2) is 10.8 Å². The SMILES string of the molecule is CC(C)CC(C(=O)NCC#N)n1cnc2c(Cl)nc(Cl)nc21. The van der Waals surface area contributed by atoms with Gasteiger partial charge in [-0.2, -0.15) is 10.2 Å². The van der Waals surface area contributed by atoms with E-state index in [0.29, 0.717) is 17.6 Å². The molecule has 1 N–H and O–H groups in total. The van der Waals surface area contributed by atoms with E-state index in [0.717, 1.165) is 0 Å². The van der Waals surface area contributed by atoms with Crippen LogP contribution in [0.25, 0.3) is 11.2 Å². The van der Waals surface area contributed by atoms with Crippen molar-refractivity contribution in [3.8, 4) is 6.07 Å². The Hall–Kier alpha value is -1.91. The standard InChI is InChI=1S/C13H14Cl2N6O/c1-7(2)5-8(12(22)17-4-3-16)21-6-18-9-10(14)19-13(15)20-11(9)21/h6-8H,4-5H2,1-2H3,(H,17,22). The van der Waals surface area contributed by atoms with Crippen LogP contribution in [-0.2, 0) is 4.79 Å². The molecule has 22 heavy (non-hydrogen) atoms. The second kappa shape index (κ2) is 6.90. The zero-order chi connectivity index (χ0) is 16.3. The quantitative estimate of drug-likeness (QED) is 0.512. The molecule has 2 aromatic heterocycles. The van der Waals surface area contributed by atoms with E-state index in [4.69, 9.17) is 28.5 Å². The van der Waals surface area contributed by atoms with Crippen molar-refractivity contribution in [2.45, 2.75) is 26.3 Å². The number of aromatic nitrogens is 4. The molecular formula is C13H14Cl2N6O. The fourth-order valence-electron chi connectivity index (χ4n) is 2.12. The molecule has 0 saturated carbocycles. The molecular weight excluding hydrogens is 327 g/mol. The lowest BCUT2D eigenvalue weighted by Gasteiger charge is -2.19. The summed E-state index contributed by atoms with van der Waals surface area (Å²) in [5, 5.41) is 11.3. The van der Waals surface area contributed by atoms with E-state index >= 15 is 0 Å².